The van der Waals surface area contributed by atoms with Gasteiger partial charge in [0.2, 0.25) is 0 Å². The summed E-state index contributed by atoms with van der Waals surface area (Å²) < 4.78 is 0. The number of hydrogen-bond donors (Lipinski definition) is 1. The van der Waals surface area contributed by atoms with Crippen LogP contribution in [0.1, 0.15) is 42.1 Å². The van der Waals surface area contributed by atoms with Crippen LogP contribution in [0.4, 0.5) is 0 Å². The number of hydrogen-bond acceptors (Lipinski definition) is 1. The first-order valence-corrected chi connectivity index (χ1v) is 5.42. The molecule has 0 amide bonds. The molecule has 1 aromatic rings. The molecular weight excluding hydrogens is 172 g/mol. The van der Waals surface area contributed by atoms with Crippen LogP contribution in [-0.2, 0) is 0 Å². The summed E-state index contributed by atoms with van der Waals surface area (Å²) >= 11 is 0. The summed E-state index contributed by atoms with van der Waals surface area (Å²) in [6.45, 7) is 4.20. The van der Waals surface area contributed by atoms with E-state index in [2.05, 4.69) is 32.0 Å². The normalized spacial score (nSPS) is 18.2. The molecule has 1 heteroatoms. The predicted molar refractivity (Wildman–Crippen MR) is 58.2 cm³/mol. The summed E-state index contributed by atoms with van der Waals surface area (Å²) in [7, 11) is 0. The standard InChI is InChI=1S/C13H18O/c1-9-3-6-12(7-10(9)2)13(14)8-11-4-5-11/h3,6-7,11,13-14H,4-5,8H2,1-2H3. The van der Waals surface area contributed by atoms with E-state index in [9.17, 15) is 5.11 Å². The van der Waals surface area contributed by atoms with E-state index in [1.54, 1.807) is 0 Å². The molecule has 0 aromatic heterocycles. The fraction of sp³-hybridized carbons (Fsp3) is 0.538. The molecule has 2 rings (SSSR count). The highest BCUT2D eigenvalue weighted by Crippen LogP contribution is 2.37. The molecule has 0 bridgehead atoms. The van der Waals surface area contributed by atoms with Crippen LogP contribution < -0.4 is 0 Å². The lowest BCUT2D eigenvalue weighted by atomic mass is 10.00. The molecule has 0 aliphatic heterocycles. The third-order valence-electron chi connectivity index (χ3n) is 3.17. The van der Waals surface area contributed by atoms with Crippen LogP contribution in [0.2, 0.25) is 0 Å². The molecule has 14 heavy (non-hydrogen) atoms. The van der Waals surface area contributed by atoms with Gasteiger partial charge in [-0.3, -0.25) is 0 Å². The molecule has 1 nitrogen and oxygen atoms in total. The Morgan fingerprint density at radius 2 is 2.00 bits per heavy atom. The summed E-state index contributed by atoms with van der Waals surface area (Å²) in [5.74, 6) is 0.784. The quantitative estimate of drug-likeness (QED) is 0.776. The fourth-order valence-corrected chi connectivity index (χ4v) is 1.78. The van der Waals surface area contributed by atoms with E-state index >= 15 is 0 Å². The molecule has 0 heterocycles. The number of rotatable bonds is 3. The van der Waals surface area contributed by atoms with Crippen molar-refractivity contribution in [2.24, 2.45) is 5.92 Å². The minimum Gasteiger partial charge on any atom is -0.388 e. The van der Waals surface area contributed by atoms with Crippen molar-refractivity contribution in [3.05, 3.63) is 34.9 Å². The van der Waals surface area contributed by atoms with E-state index in [-0.39, 0.29) is 6.10 Å². The molecule has 1 unspecified atom stereocenters. The van der Waals surface area contributed by atoms with E-state index in [0.29, 0.717) is 0 Å². The Hall–Kier alpha value is -0.820. The van der Waals surface area contributed by atoms with Gasteiger partial charge >= 0.3 is 0 Å². The van der Waals surface area contributed by atoms with Gasteiger partial charge in [0.25, 0.3) is 0 Å². The maximum atomic E-state index is 9.95. The molecule has 1 atom stereocenters. The average molecular weight is 190 g/mol. The zero-order chi connectivity index (χ0) is 10.1. The molecule has 1 aliphatic rings. The van der Waals surface area contributed by atoms with Crippen LogP contribution in [0.15, 0.2) is 18.2 Å². The Morgan fingerprint density at radius 1 is 1.29 bits per heavy atom. The Balaban J connectivity index is 2.10. The van der Waals surface area contributed by atoms with E-state index in [0.717, 1.165) is 17.9 Å². The van der Waals surface area contributed by atoms with E-state index in [1.807, 2.05) is 0 Å². The Bertz CT molecular complexity index is 326. The van der Waals surface area contributed by atoms with Gasteiger partial charge in [-0.25, -0.2) is 0 Å². The molecule has 0 saturated heterocycles. The monoisotopic (exact) mass is 190 g/mol. The first-order valence-electron chi connectivity index (χ1n) is 5.42. The first kappa shape index (κ1) is 9.72. The fourth-order valence-electron chi connectivity index (χ4n) is 1.78. The summed E-state index contributed by atoms with van der Waals surface area (Å²) in [5.41, 5.74) is 3.66. The number of aryl methyl sites for hydroxylation is 2. The molecule has 0 spiro atoms. The van der Waals surface area contributed by atoms with Crippen LogP contribution in [0.5, 0.6) is 0 Å². The van der Waals surface area contributed by atoms with Crippen LogP contribution in [0.25, 0.3) is 0 Å². The SMILES string of the molecule is Cc1ccc(C(O)CC2CC2)cc1C. The summed E-state index contributed by atoms with van der Waals surface area (Å²) in [6, 6.07) is 6.26. The van der Waals surface area contributed by atoms with Crippen molar-refractivity contribution in [2.45, 2.75) is 39.2 Å². The zero-order valence-electron chi connectivity index (χ0n) is 8.96. The maximum Gasteiger partial charge on any atom is 0.0792 e. The zero-order valence-corrected chi connectivity index (χ0v) is 8.96. The minimum atomic E-state index is -0.248. The van der Waals surface area contributed by atoms with E-state index in [4.69, 9.17) is 0 Å². The van der Waals surface area contributed by atoms with Gasteiger partial charge in [-0.15, -0.1) is 0 Å². The lowest BCUT2D eigenvalue weighted by Crippen LogP contribution is -1.99. The van der Waals surface area contributed by atoms with Crippen molar-refractivity contribution >= 4 is 0 Å². The molecule has 1 N–H and O–H groups in total. The van der Waals surface area contributed by atoms with Crippen LogP contribution in [0.3, 0.4) is 0 Å². The third-order valence-corrected chi connectivity index (χ3v) is 3.17. The molecule has 76 valence electrons. The Morgan fingerprint density at radius 3 is 2.57 bits per heavy atom. The van der Waals surface area contributed by atoms with Crippen molar-refractivity contribution in [3.8, 4) is 0 Å². The highest BCUT2D eigenvalue weighted by molar-refractivity contribution is 5.31. The largest absolute Gasteiger partial charge is 0.388 e. The molecule has 1 aromatic carbocycles. The second-order valence-electron chi connectivity index (χ2n) is 4.54. The average Bonchev–Trinajstić information content (AvgIpc) is 2.93. The Labute approximate surface area is 85.8 Å². The topological polar surface area (TPSA) is 20.2 Å². The summed E-state index contributed by atoms with van der Waals surface area (Å²) in [5, 5.41) is 9.95. The molecule has 1 saturated carbocycles. The van der Waals surface area contributed by atoms with Crippen molar-refractivity contribution < 1.29 is 5.11 Å². The molecular formula is C13H18O. The smallest absolute Gasteiger partial charge is 0.0792 e. The van der Waals surface area contributed by atoms with Gasteiger partial charge in [0.15, 0.2) is 0 Å². The molecule has 0 radical (unpaired) electrons. The van der Waals surface area contributed by atoms with Crippen molar-refractivity contribution in [2.75, 3.05) is 0 Å². The van der Waals surface area contributed by atoms with Gasteiger partial charge < -0.3 is 5.11 Å². The highest BCUT2D eigenvalue weighted by atomic mass is 16.3. The van der Waals surface area contributed by atoms with Gasteiger partial charge in [0.1, 0.15) is 0 Å². The van der Waals surface area contributed by atoms with Crippen molar-refractivity contribution in [3.63, 3.8) is 0 Å². The van der Waals surface area contributed by atoms with Gasteiger partial charge in [0.05, 0.1) is 6.10 Å². The van der Waals surface area contributed by atoms with Crippen LogP contribution >= 0.6 is 0 Å². The minimum absolute atomic E-state index is 0.248. The van der Waals surface area contributed by atoms with Gasteiger partial charge in [-0.2, -0.15) is 0 Å². The van der Waals surface area contributed by atoms with Crippen LogP contribution in [0, 0.1) is 19.8 Å². The number of aliphatic hydroxyl groups is 1. The highest BCUT2D eigenvalue weighted by Gasteiger charge is 2.25. The van der Waals surface area contributed by atoms with Crippen molar-refractivity contribution in [1.29, 1.82) is 0 Å². The van der Waals surface area contributed by atoms with Gasteiger partial charge in [-0.05, 0) is 42.9 Å². The molecule has 1 aliphatic carbocycles. The van der Waals surface area contributed by atoms with Crippen LogP contribution in [-0.4, -0.2) is 5.11 Å². The summed E-state index contributed by atoms with van der Waals surface area (Å²) in [4.78, 5) is 0. The lowest BCUT2D eigenvalue weighted by Gasteiger charge is -2.11. The number of aliphatic hydroxyl groups excluding tert-OH is 1. The second kappa shape index (κ2) is 3.74. The van der Waals surface area contributed by atoms with E-state index in [1.165, 1.54) is 24.0 Å². The van der Waals surface area contributed by atoms with Crippen molar-refractivity contribution in [1.82, 2.24) is 0 Å². The Kier molecular flexibility index (Phi) is 2.60. The first-order chi connectivity index (χ1) is 6.66. The molecule has 1 fully saturated rings. The summed E-state index contributed by atoms with van der Waals surface area (Å²) in [6.07, 6.45) is 3.31. The van der Waals surface area contributed by atoms with E-state index < -0.39 is 0 Å². The van der Waals surface area contributed by atoms with Gasteiger partial charge in [-0.1, -0.05) is 31.0 Å². The lowest BCUT2D eigenvalue weighted by molar-refractivity contribution is 0.160. The van der Waals surface area contributed by atoms with Gasteiger partial charge in [0, 0.05) is 0 Å². The maximum absolute atomic E-state index is 9.95. The third kappa shape index (κ3) is 2.16. The number of benzene rings is 1. The second-order valence-corrected chi connectivity index (χ2v) is 4.54. The predicted octanol–water partition coefficient (Wildman–Crippen LogP) is 3.14.